The van der Waals surface area contributed by atoms with Gasteiger partial charge >= 0.3 is 0 Å². The normalized spacial score (nSPS) is 11.3. The quantitative estimate of drug-likeness (QED) is 0.633. The number of carbonyl (C=O) groups excluding carboxylic acids is 1. The lowest BCUT2D eigenvalue weighted by Gasteiger charge is -2.16. The van der Waals surface area contributed by atoms with Crippen molar-refractivity contribution >= 4 is 34.0 Å². The first-order chi connectivity index (χ1) is 11.2. The molecule has 3 N–H and O–H groups in total. The number of halogens is 1. The van der Waals surface area contributed by atoms with Crippen LogP contribution >= 0.6 is 12.4 Å². The molecule has 0 radical (unpaired) electrons. The summed E-state index contributed by atoms with van der Waals surface area (Å²) in [7, 11) is -0.551. The van der Waals surface area contributed by atoms with Gasteiger partial charge in [-0.05, 0) is 56.5 Å². The first-order valence-electron chi connectivity index (χ1n) is 8.24. The number of benzene rings is 1. The molecule has 0 unspecified atom stereocenters. The van der Waals surface area contributed by atoms with Crippen molar-refractivity contribution in [1.29, 1.82) is 0 Å². The minimum absolute atomic E-state index is 0. The molecule has 0 atom stereocenters. The van der Waals surface area contributed by atoms with Crippen molar-refractivity contribution in [3.05, 3.63) is 23.3 Å². The Kier molecular flexibility index (Phi) is 10.3. The minimum atomic E-state index is -3.53. The molecule has 1 rings (SSSR count). The molecule has 0 saturated carbocycles. The molecule has 144 valence electrons. The Labute approximate surface area is 157 Å². The van der Waals surface area contributed by atoms with Gasteiger partial charge in [0.25, 0.3) is 0 Å². The van der Waals surface area contributed by atoms with Gasteiger partial charge < -0.3 is 11.1 Å². The standard InChI is InChI=1S/C17H29N3O3S.ClH/c1-13-11-15(24(22,23)20(3)4)12-16(14(13)2)19-17(21)9-7-5-6-8-10-18;/h11-12H,5-10,18H2,1-4H3,(H,19,21);1H. The second kappa shape index (κ2) is 10.8. The summed E-state index contributed by atoms with van der Waals surface area (Å²) in [5.74, 6) is -0.0929. The van der Waals surface area contributed by atoms with Crippen molar-refractivity contribution in [2.75, 3.05) is 26.0 Å². The summed E-state index contributed by atoms with van der Waals surface area (Å²) < 4.78 is 25.8. The van der Waals surface area contributed by atoms with Crippen molar-refractivity contribution in [1.82, 2.24) is 4.31 Å². The molecule has 0 spiro atoms. The molecule has 1 aromatic rings. The summed E-state index contributed by atoms with van der Waals surface area (Å²) in [6, 6.07) is 3.16. The molecule has 0 aromatic heterocycles. The van der Waals surface area contributed by atoms with Gasteiger partial charge in [0.1, 0.15) is 0 Å². The third-order valence-electron chi connectivity index (χ3n) is 4.05. The first-order valence-corrected chi connectivity index (χ1v) is 9.68. The van der Waals surface area contributed by atoms with Crippen LogP contribution < -0.4 is 11.1 Å². The average molecular weight is 392 g/mol. The topological polar surface area (TPSA) is 92.5 Å². The fourth-order valence-electron chi connectivity index (χ4n) is 2.31. The van der Waals surface area contributed by atoms with Crippen molar-refractivity contribution in [2.24, 2.45) is 5.73 Å². The predicted octanol–water partition coefficient (Wildman–Crippen LogP) is 2.82. The molecule has 1 aromatic carbocycles. The van der Waals surface area contributed by atoms with Gasteiger partial charge in [0, 0.05) is 26.2 Å². The molecule has 6 nitrogen and oxygen atoms in total. The third-order valence-corrected chi connectivity index (χ3v) is 5.84. The van der Waals surface area contributed by atoms with Crippen LogP contribution in [0.2, 0.25) is 0 Å². The van der Waals surface area contributed by atoms with E-state index >= 15 is 0 Å². The number of anilines is 1. The van der Waals surface area contributed by atoms with Gasteiger partial charge in [0.15, 0.2) is 0 Å². The maximum atomic E-state index is 12.3. The van der Waals surface area contributed by atoms with Crippen LogP contribution in [0.4, 0.5) is 5.69 Å². The fourth-order valence-corrected chi connectivity index (χ4v) is 3.33. The number of amides is 1. The molecule has 0 bridgehead atoms. The Morgan fingerprint density at radius 2 is 1.72 bits per heavy atom. The van der Waals surface area contributed by atoms with E-state index in [1.807, 2.05) is 13.8 Å². The number of unbranched alkanes of at least 4 members (excludes halogenated alkanes) is 3. The highest BCUT2D eigenvalue weighted by molar-refractivity contribution is 7.89. The number of hydrogen-bond acceptors (Lipinski definition) is 4. The zero-order valence-corrected chi connectivity index (χ0v) is 17.1. The summed E-state index contributed by atoms with van der Waals surface area (Å²) in [6.07, 6.45) is 4.20. The zero-order chi connectivity index (χ0) is 18.3. The summed E-state index contributed by atoms with van der Waals surface area (Å²) in [6.45, 7) is 4.39. The monoisotopic (exact) mass is 391 g/mol. The van der Waals surface area contributed by atoms with Crippen molar-refractivity contribution in [3.8, 4) is 0 Å². The zero-order valence-electron chi connectivity index (χ0n) is 15.5. The number of rotatable bonds is 9. The second-order valence-corrected chi connectivity index (χ2v) is 8.35. The smallest absolute Gasteiger partial charge is 0.242 e. The molecule has 0 aliphatic heterocycles. The van der Waals surface area contributed by atoms with E-state index in [9.17, 15) is 13.2 Å². The van der Waals surface area contributed by atoms with E-state index < -0.39 is 10.0 Å². The third kappa shape index (κ3) is 6.93. The number of nitrogens with one attached hydrogen (secondary N) is 1. The molecule has 0 fully saturated rings. The minimum Gasteiger partial charge on any atom is -0.330 e. The number of sulfonamides is 1. The second-order valence-electron chi connectivity index (χ2n) is 6.20. The maximum absolute atomic E-state index is 12.3. The predicted molar refractivity (Wildman–Crippen MR) is 105 cm³/mol. The Hall–Kier alpha value is -1.15. The highest BCUT2D eigenvalue weighted by Crippen LogP contribution is 2.25. The van der Waals surface area contributed by atoms with Gasteiger partial charge in [-0.15, -0.1) is 12.4 Å². The van der Waals surface area contributed by atoms with Gasteiger partial charge in [-0.2, -0.15) is 0 Å². The van der Waals surface area contributed by atoms with E-state index in [2.05, 4.69) is 5.32 Å². The van der Waals surface area contributed by atoms with Crippen LogP contribution in [-0.2, 0) is 14.8 Å². The Bertz CT molecular complexity index is 676. The van der Waals surface area contributed by atoms with Crippen LogP contribution in [0.15, 0.2) is 17.0 Å². The molecule has 25 heavy (non-hydrogen) atoms. The van der Waals surface area contributed by atoms with E-state index in [4.69, 9.17) is 5.73 Å². The van der Waals surface area contributed by atoms with Gasteiger partial charge in [-0.1, -0.05) is 12.8 Å². The van der Waals surface area contributed by atoms with Crippen LogP contribution in [0.25, 0.3) is 0 Å². The van der Waals surface area contributed by atoms with E-state index in [-0.39, 0.29) is 23.2 Å². The highest BCUT2D eigenvalue weighted by Gasteiger charge is 2.20. The van der Waals surface area contributed by atoms with Crippen LogP contribution in [0.1, 0.15) is 43.2 Å². The number of carbonyl (C=O) groups is 1. The van der Waals surface area contributed by atoms with Crippen LogP contribution in [-0.4, -0.2) is 39.3 Å². The fraction of sp³-hybridized carbons (Fsp3) is 0.588. The van der Waals surface area contributed by atoms with Crippen LogP contribution in [0.5, 0.6) is 0 Å². The van der Waals surface area contributed by atoms with E-state index in [0.29, 0.717) is 18.7 Å². The van der Waals surface area contributed by atoms with E-state index in [1.165, 1.54) is 24.5 Å². The van der Waals surface area contributed by atoms with Gasteiger partial charge in [0.05, 0.1) is 4.90 Å². The number of nitrogens with two attached hydrogens (primary N) is 1. The Balaban J connectivity index is 0.00000576. The SMILES string of the molecule is Cc1cc(S(=O)(=O)N(C)C)cc(NC(=O)CCCCCCN)c1C.Cl. The van der Waals surface area contributed by atoms with Crippen LogP contribution in [0, 0.1) is 13.8 Å². The van der Waals surface area contributed by atoms with Gasteiger partial charge in [-0.25, -0.2) is 12.7 Å². The molecular weight excluding hydrogens is 362 g/mol. The largest absolute Gasteiger partial charge is 0.330 e. The number of nitrogens with zero attached hydrogens (tertiary/aromatic N) is 1. The molecule has 8 heteroatoms. The molecule has 0 heterocycles. The highest BCUT2D eigenvalue weighted by atomic mass is 35.5. The van der Waals surface area contributed by atoms with Crippen molar-refractivity contribution < 1.29 is 13.2 Å². The van der Waals surface area contributed by atoms with Crippen LogP contribution in [0.3, 0.4) is 0 Å². The van der Waals surface area contributed by atoms with Crippen molar-refractivity contribution in [2.45, 2.75) is 50.8 Å². The Morgan fingerprint density at radius 1 is 1.12 bits per heavy atom. The summed E-state index contributed by atoms with van der Waals surface area (Å²) >= 11 is 0. The van der Waals surface area contributed by atoms with Gasteiger partial charge in [-0.3, -0.25) is 4.79 Å². The first kappa shape index (κ1) is 23.9. The summed E-state index contributed by atoms with van der Waals surface area (Å²) in [4.78, 5) is 12.3. The lowest BCUT2D eigenvalue weighted by Crippen LogP contribution is -2.23. The van der Waals surface area contributed by atoms with Gasteiger partial charge in [0.2, 0.25) is 15.9 Å². The lowest BCUT2D eigenvalue weighted by atomic mass is 10.1. The number of hydrogen-bond donors (Lipinski definition) is 2. The van der Waals surface area contributed by atoms with E-state index in [0.717, 1.165) is 36.8 Å². The van der Waals surface area contributed by atoms with E-state index in [1.54, 1.807) is 6.07 Å². The molecule has 0 saturated heterocycles. The molecule has 0 aliphatic rings. The summed E-state index contributed by atoms with van der Waals surface area (Å²) in [5.41, 5.74) is 7.71. The number of aryl methyl sites for hydroxylation is 1. The van der Waals surface area contributed by atoms with Crippen molar-refractivity contribution in [3.63, 3.8) is 0 Å². The molecule has 0 aliphatic carbocycles. The summed E-state index contributed by atoms with van der Waals surface area (Å²) in [5, 5.41) is 2.85. The molecule has 1 amide bonds. The Morgan fingerprint density at radius 3 is 2.28 bits per heavy atom. The lowest BCUT2D eigenvalue weighted by molar-refractivity contribution is -0.116. The average Bonchev–Trinajstić information content (AvgIpc) is 2.51. The molecular formula is C17H30ClN3O3S. The maximum Gasteiger partial charge on any atom is 0.242 e.